The molecule has 4 aliphatic heterocycles. The van der Waals surface area contributed by atoms with Crippen LogP contribution in [0, 0.1) is 23.7 Å². The van der Waals surface area contributed by atoms with Crippen LogP contribution in [0.4, 0.5) is 0 Å². The highest BCUT2D eigenvalue weighted by atomic mass is 17.3. The van der Waals surface area contributed by atoms with Gasteiger partial charge >= 0.3 is 5.97 Å². The molecular formula is C27H36O9. The Morgan fingerprint density at radius 3 is 2.39 bits per heavy atom. The standard InChI is InChI=1S/C27H36O9/c1-15-7-9-19-16(2)24(33-25-27(19)18(15)11-12-26(3,34-25)35-36-27)32-22(28)10-8-17-13-20(29-4)23(31-6)21(14-17)30-5/h8,10,13-16,18-19,24-25H,7,9,11-12H2,1-6H3/b10-8+/t15-,16-,18-,19+,24-,25-,26-,27-/m1/s1. The van der Waals surface area contributed by atoms with Crippen molar-refractivity contribution in [2.75, 3.05) is 21.3 Å². The van der Waals surface area contributed by atoms with E-state index in [0.29, 0.717) is 28.7 Å². The number of methoxy groups -OCH3 is 3. The number of fused-ring (bicyclic) bond motifs is 2. The van der Waals surface area contributed by atoms with E-state index in [0.717, 1.165) is 25.7 Å². The van der Waals surface area contributed by atoms with Crippen molar-refractivity contribution >= 4 is 12.0 Å². The Balaban J connectivity index is 1.34. The maximum Gasteiger partial charge on any atom is 0.333 e. The molecule has 0 unspecified atom stereocenters. The lowest BCUT2D eigenvalue weighted by Gasteiger charge is -2.59. The smallest absolute Gasteiger partial charge is 0.333 e. The van der Waals surface area contributed by atoms with Gasteiger partial charge in [0.1, 0.15) is 0 Å². The molecule has 9 nitrogen and oxygen atoms in total. The first kappa shape index (κ1) is 25.3. The first-order valence-corrected chi connectivity index (χ1v) is 12.6. The molecule has 8 atom stereocenters. The predicted molar refractivity (Wildman–Crippen MR) is 128 cm³/mol. The van der Waals surface area contributed by atoms with E-state index in [2.05, 4.69) is 6.92 Å². The van der Waals surface area contributed by atoms with Crippen molar-refractivity contribution in [1.29, 1.82) is 0 Å². The highest BCUT2D eigenvalue weighted by Gasteiger charge is 2.69. The highest BCUT2D eigenvalue weighted by Crippen LogP contribution is 2.60. The van der Waals surface area contributed by atoms with E-state index in [4.69, 9.17) is 38.2 Å². The Labute approximate surface area is 211 Å². The van der Waals surface area contributed by atoms with Crippen molar-refractivity contribution in [2.24, 2.45) is 23.7 Å². The fraction of sp³-hybridized carbons (Fsp3) is 0.667. The van der Waals surface area contributed by atoms with Crippen molar-refractivity contribution in [1.82, 2.24) is 0 Å². The summed E-state index contributed by atoms with van der Waals surface area (Å²) in [6.45, 7) is 6.19. The maximum absolute atomic E-state index is 12.9. The lowest BCUT2D eigenvalue weighted by Crippen LogP contribution is -2.70. The molecular weight excluding hydrogens is 468 g/mol. The molecule has 0 N–H and O–H groups in total. The van der Waals surface area contributed by atoms with Gasteiger partial charge in [-0.1, -0.05) is 13.8 Å². The number of esters is 1. The van der Waals surface area contributed by atoms with Crippen LogP contribution in [0.25, 0.3) is 6.08 Å². The van der Waals surface area contributed by atoms with Crippen molar-refractivity contribution in [3.05, 3.63) is 23.8 Å². The van der Waals surface area contributed by atoms with Gasteiger partial charge in [0.05, 0.1) is 21.3 Å². The molecule has 2 bridgehead atoms. The molecule has 1 aromatic carbocycles. The Hall–Kier alpha value is -2.33. The molecule has 6 rings (SSSR count). The van der Waals surface area contributed by atoms with Gasteiger partial charge in [0.25, 0.3) is 0 Å². The summed E-state index contributed by atoms with van der Waals surface area (Å²) >= 11 is 0. The van der Waals surface area contributed by atoms with E-state index in [-0.39, 0.29) is 17.8 Å². The summed E-state index contributed by atoms with van der Waals surface area (Å²) in [5.74, 6) is 0.793. The van der Waals surface area contributed by atoms with Gasteiger partial charge in [-0.05, 0) is 61.8 Å². The number of hydrogen-bond donors (Lipinski definition) is 0. The van der Waals surface area contributed by atoms with E-state index >= 15 is 0 Å². The molecule has 5 fully saturated rings. The maximum atomic E-state index is 12.9. The first-order valence-electron chi connectivity index (χ1n) is 12.6. The summed E-state index contributed by atoms with van der Waals surface area (Å²) in [6.07, 6.45) is 5.27. The molecule has 36 heavy (non-hydrogen) atoms. The average Bonchev–Trinajstić information content (AvgIpc) is 3.10. The predicted octanol–water partition coefficient (Wildman–Crippen LogP) is 4.48. The molecule has 5 aliphatic rings. The summed E-state index contributed by atoms with van der Waals surface area (Å²) in [5.41, 5.74) is 0.00666. The lowest BCUT2D eigenvalue weighted by molar-refractivity contribution is -0.576. The van der Waals surface area contributed by atoms with Crippen molar-refractivity contribution in [3.63, 3.8) is 0 Å². The Bertz CT molecular complexity index is 999. The van der Waals surface area contributed by atoms with Gasteiger partial charge < -0.3 is 28.4 Å². The molecule has 0 aromatic heterocycles. The average molecular weight is 505 g/mol. The number of ether oxygens (including phenoxy) is 6. The van der Waals surface area contributed by atoms with E-state index in [1.165, 1.54) is 6.08 Å². The number of rotatable bonds is 6. The van der Waals surface area contributed by atoms with Crippen LogP contribution in [0.1, 0.15) is 52.0 Å². The zero-order chi connectivity index (χ0) is 25.7. The fourth-order valence-electron chi connectivity index (χ4n) is 6.52. The summed E-state index contributed by atoms with van der Waals surface area (Å²) in [6, 6.07) is 3.51. The number of benzene rings is 1. The molecule has 1 aromatic rings. The van der Waals surface area contributed by atoms with Crippen LogP contribution in [0.15, 0.2) is 18.2 Å². The van der Waals surface area contributed by atoms with Crippen molar-refractivity contribution in [3.8, 4) is 17.2 Å². The van der Waals surface area contributed by atoms with Crippen LogP contribution in [0.2, 0.25) is 0 Å². The molecule has 9 heteroatoms. The minimum atomic E-state index is -0.876. The van der Waals surface area contributed by atoms with Gasteiger partial charge in [0.2, 0.25) is 17.8 Å². The highest BCUT2D eigenvalue weighted by molar-refractivity contribution is 5.87. The topological polar surface area (TPSA) is 90.9 Å². The van der Waals surface area contributed by atoms with Crippen LogP contribution < -0.4 is 14.2 Å². The molecule has 0 radical (unpaired) electrons. The minimum Gasteiger partial charge on any atom is -0.493 e. The summed E-state index contributed by atoms with van der Waals surface area (Å²) in [7, 11) is 4.63. The zero-order valence-electron chi connectivity index (χ0n) is 21.8. The van der Waals surface area contributed by atoms with Gasteiger partial charge in [0, 0.05) is 24.3 Å². The third kappa shape index (κ3) is 4.06. The number of carbonyl (C=O) groups excluding carboxylic acids is 1. The fourth-order valence-corrected chi connectivity index (χ4v) is 6.52. The van der Waals surface area contributed by atoms with E-state index in [9.17, 15) is 4.79 Å². The summed E-state index contributed by atoms with van der Waals surface area (Å²) in [5, 5.41) is 0. The van der Waals surface area contributed by atoms with E-state index < -0.39 is 29.9 Å². The van der Waals surface area contributed by atoms with Crippen molar-refractivity contribution in [2.45, 2.75) is 70.4 Å². The van der Waals surface area contributed by atoms with Crippen molar-refractivity contribution < 1.29 is 43.0 Å². The molecule has 1 spiro atoms. The molecule has 4 heterocycles. The monoisotopic (exact) mass is 504 g/mol. The molecule has 0 amide bonds. The molecule has 4 saturated heterocycles. The van der Waals surface area contributed by atoms with E-state index in [1.807, 2.05) is 13.8 Å². The van der Waals surface area contributed by atoms with Crippen LogP contribution in [-0.2, 0) is 28.8 Å². The second kappa shape index (κ2) is 9.52. The number of carbonyl (C=O) groups is 1. The van der Waals surface area contributed by atoms with Gasteiger partial charge in [-0.2, -0.15) is 0 Å². The Kier molecular flexibility index (Phi) is 6.70. The summed E-state index contributed by atoms with van der Waals surface area (Å²) < 4.78 is 34.6. The van der Waals surface area contributed by atoms with Gasteiger partial charge in [0.15, 0.2) is 23.4 Å². The Morgan fingerprint density at radius 1 is 1.00 bits per heavy atom. The SMILES string of the molecule is COc1cc(/C=C/C(=O)O[C@@H]2O[C@@H]3O[C@@]4(C)CC[C@@H]5[C@H](C)CC[C@@H]([C@H]2C)[C@@]35OO4)cc(OC)c1OC. The zero-order valence-corrected chi connectivity index (χ0v) is 21.8. The Morgan fingerprint density at radius 2 is 1.72 bits per heavy atom. The second-order valence-electron chi connectivity index (χ2n) is 10.5. The van der Waals surface area contributed by atoms with E-state index in [1.54, 1.807) is 39.5 Å². The molecule has 1 aliphatic carbocycles. The number of hydrogen-bond acceptors (Lipinski definition) is 9. The van der Waals surface area contributed by atoms with Gasteiger partial charge in [-0.15, -0.1) is 0 Å². The van der Waals surface area contributed by atoms with Crippen LogP contribution >= 0.6 is 0 Å². The molecule has 198 valence electrons. The lowest BCUT2D eigenvalue weighted by atomic mass is 9.58. The third-order valence-electron chi connectivity index (χ3n) is 8.43. The van der Waals surface area contributed by atoms with Gasteiger partial charge in [-0.25, -0.2) is 14.6 Å². The first-order chi connectivity index (χ1) is 17.2. The van der Waals surface area contributed by atoms with Crippen LogP contribution in [0.3, 0.4) is 0 Å². The largest absolute Gasteiger partial charge is 0.493 e. The van der Waals surface area contributed by atoms with Crippen LogP contribution in [0.5, 0.6) is 17.2 Å². The normalized spacial score (nSPS) is 39.3. The summed E-state index contributed by atoms with van der Waals surface area (Å²) in [4.78, 5) is 24.8. The minimum absolute atomic E-state index is 0.0805. The van der Waals surface area contributed by atoms with Gasteiger partial charge in [-0.3, -0.25) is 0 Å². The molecule has 1 saturated carbocycles. The third-order valence-corrected chi connectivity index (χ3v) is 8.43. The quantitative estimate of drug-likeness (QED) is 0.316. The second-order valence-corrected chi connectivity index (χ2v) is 10.5. The van der Waals surface area contributed by atoms with Crippen LogP contribution in [-0.4, -0.2) is 51.3 Å².